The van der Waals surface area contributed by atoms with Gasteiger partial charge in [0, 0.05) is 15.6 Å². The van der Waals surface area contributed by atoms with Gasteiger partial charge in [-0.25, -0.2) is 0 Å². The van der Waals surface area contributed by atoms with E-state index in [9.17, 15) is 9.59 Å². The Bertz CT molecular complexity index is 638. The molecular formula is C15H12BrNO2. The van der Waals surface area contributed by atoms with E-state index in [4.69, 9.17) is 0 Å². The van der Waals surface area contributed by atoms with Crippen molar-refractivity contribution in [1.82, 2.24) is 0 Å². The summed E-state index contributed by atoms with van der Waals surface area (Å²) < 4.78 is 0.833. The highest BCUT2D eigenvalue weighted by Crippen LogP contribution is 2.18. The number of ketones is 1. The summed E-state index contributed by atoms with van der Waals surface area (Å²) in [6, 6.07) is 14.0. The number of para-hydroxylation sites is 1. The lowest BCUT2D eigenvalue weighted by Crippen LogP contribution is -2.14. The quantitative estimate of drug-likeness (QED) is 0.872. The van der Waals surface area contributed by atoms with E-state index >= 15 is 0 Å². The van der Waals surface area contributed by atoms with Crippen LogP contribution in [0.2, 0.25) is 0 Å². The molecule has 0 atom stereocenters. The summed E-state index contributed by atoms with van der Waals surface area (Å²) >= 11 is 3.32. The van der Waals surface area contributed by atoms with E-state index in [-0.39, 0.29) is 11.7 Å². The lowest BCUT2D eigenvalue weighted by Gasteiger charge is -2.09. The molecule has 96 valence electrons. The molecule has 1 amide bonds. The Morgan fingerprint density at radius 1 is 1.05 bits per heavy atom. The fraction of sp³-hybridized carbons (Fsp3) is 0.0667. The van der Waals surface area contributed by atoms with Crippen LogP contribution in [0.3, 0.4) is 0 Å². The third kappa shape index (κ3) is 3.29. The van der Waals surface area contributed by atoms with E-state index in [1.54, 1.807) is 42.5 Å². The van der Waals surface area contributed by atoms with Gasteiger partial charge in [0.25, 0.3) is 5.91 Å². The molecule has 0 aliphatic carbocycles. The number of Topliss-reactive ketones (excluding diaryl/α,β-unsaturated/α-hetero) is 1. The fourth-order valence-corrected chi connectivity index (χ4v) is 2.12. The van der Waals surface area contributed by atoms with Crippen LogP contribution in [0.1, 0.15) is 27.6 Å². The Hall–Kier alpha value is -1.94. The van der Waals surface area contributed by atoms with E-state index in [1.165, 1.54) is 6.92 Å². The van der Waals surface area contributed by atoms with E-state index in [2.05, 4.69) is 21.2 Å². The number of rotatable bonds is 3. The molecule has 2 rings (SSSR count). The van der Waals surface area contributed by atoms with Crippen LogP contribution in [0, 0.1) is 0 Å². The predicted octanol–water partition coefficient (Wildman–Crippen LogP) is 3.90. The highest BCUT2D eigenvalue weighted by Gasteiger charge is 2.11. The van der Waals surface area contributed by atoms with Crippen LogP contribution in [0.4, 0.5) is 5.69 Å². The first kappa shape index (κ1) is 13.5. The lowest BCUT2D eigenvalue weighted by molar-refractivity contribution is 0.101. The zero-order chi connectivity index (χ0) is 13.8. The first-order valence-corrected chi connectivity index (χ1v) is 6.54. The third-order valence-electron chi connectivity index (χ3n) is 2.64. The molecule has 0 unspecified atom stereocenters. The van der Waals surface area contributed by atoms with Crippen LogP contribution in [0.5, 0.6) is 0 Å². The number of carbonyl (C=O) groups is 2. The second-order valence-corrected chi connectivity index (χ2v) is 4.98. The first-order chi connectivity index (χ1) is 9.08. The Morgan fingerprint density at radius 2 is 1.79 bits per heavy atom. The molecule has 1 N–H and O–H groups in total. The second kappa shape index (κ2) is 5.80. The lowest BCUT2D eigenvalue weighted by atomic mass is 10.1. The van der Waals surface area contributed by atoms with Gasteiger partial charge in [-0.15, -0.1) is 0 Å². The number of amides is 1. The van der Waals surface area contributed by atoms with Gasteiger partial charge in [-0.3, -0.25) is 9.59 Å². The molecule has 0 aliphatic heterocycles. The van der Waals surface area contributed by atoms with Gasteiger partial charge in [0.2, 0.25) is 0 Å². The minimum atomic E-state index is -0.241. The number of hydrogen-bond acceptors (Lipinski definition) is 2. The summed E-state index contributed by atoms with van der Waals surface area (Å²) in [5.41, 5.74) is 1.57. The zero-order valence-electron chi connectivity index (χ0n) is 10.3. The summed E-state index contributed by atoms with van der Waals surface area (Å²) in [6.07, 6.45) is 0. The van der Waals surface area contributed by atoms with Crippen molar-refractivity contribution in [2.24, 2.45) is 0 Å². The minimum absolute atomic E-state index is 0.0786. The minimum Gasteiger partial charge on any atom is -0.321 e. The van der Waals surface area contributed by atoms with Gasteiger partial charge >= 0.3 is 0 Å². The van der Waals surface area contributed by atoms with E-state index < -0.39 is 0 Å². The molecule has 0 aliphatic rings. The van der Waals surface area contributed by atoms with Crippen molar-refractivity contribution in [1.29, 1.82) is 0 Å². The van der Waals surface area contributed by atoms with Crippen LogP contribution >= 0.6 is 15.9 Å². The maximum atomic E-state index is 12.1. The zero-order valence-corrected chi connectivity index (χ0v) is 11.9. The van der Waals surface area contributed by atoms with Crippen LogP contribution in [0.15, 0.2) is 53.0 Å². The van der Waals surface area contributed by atoms with E-state index in [0.717, 1.165) is 4.47 Å². The van der Waals surface area contributed by atoms with Crippen molar-refractivity contribution in [3.63, 3.8) is 0 Å². The molecule has 19 heavy (non-hydrogen) atoms. The predicted molar refractivity (Wildman–Crippen MR) is 78.5 cm³/mol. The molecule has 0 heterocycles. The van der Waals surface area contributed by atoms with Gasteiger partial charge in [0.15, 0.2) is 5.78 Å². The number of carbonyl (C=O) groups excluding carboxylic acids is 2. The van der Waals surface area contributed by atoms with Crippen molar-refractivity contribution in [2.75, 3.05) is 5.32 Å². The molecule has 0 spiro atoms. The van der Waals surface area contributed by atoms with Crippen molar-refractivity contribution < 1.29 is 9.59 Å². The average molecular weight is 318 g/mol. The first-order valence-electron chi connectivity index (χ1n) is 5.75. The normalized spacial score (nSPS) is 10.0. The molecule has 0 bridgehead atoms. The van der Waals surface area contributed by atoms with Crippen molar-refractivity contribution >= 4 is 33.3 Å². The van der Waals surface area contributed by atoms with Gasteiger partial charge in [-0.05, 0) is 37.3 Å². The Morgan fingerprint density at radius 3 is 2.47 bits per heavy atom. The smallest absolute Gasteiger partial charge is 0.255 e. The highest BCUT2D eigenvalue weighted by atomic mass is 79.9. The summed E-state index contributed by atoms with van der Waals surface area (Å²) in [5.74, 6) is -0.319. The highest BCUT2D eigenvalue weighted by molar-refractivity contribution is 9.10. The summed E-state index contributed by atoms with van der Waals surface area (Å²) in [4.78, 5) is 23.6. The maximum absolute atomic E-state index is 12.1. The number of hydrogen-bond donors (Lipinski definition) is 1. The maximum Gasteiger partial charge on any atom is 0.255 e. The molecule has 2 aromatic carbocycles. The van der Waals surface area contributed by atoms with E-state index in [0.29, 0.717) is 16.8 Å². The Labute approximate surface area is 119 Å². The molecule has 3 nitrogen and oxygen atoms in total. The number of halogens is 1. The van der Waals surface area contributed by atoms with Crippen LogP contribution in [-0.2, 0) is 0 Å². The second-order valence-electron chi connectivity index (χ2n) is 4.07. The fourth-order valence-electron chi connectivity index (χ4n) is 1.72. The van der Waals surface area contributed by atoms with Crippen molar-refractivity contribution in [3.8, 4) is 0 Å². The monoisotopic (exact) mass is 317 g/mol. The van der Waals surface area contributed by atoms with Crippen LogP contribution in [-0.4, -0.2) is 11.7 Å². The molecule has 0 fully saturated rings. The summed E-state index contributed by atoms with van der Waals surface area (Å²) in [6.45, 7) is 1.48. The molecule has 0 saturated carbocycles. The van der Waals surface area contributed by atoms with Crippen LogP contribution < -0.4 is 5.32 Å². The topological polar surface area (TPSA) is 46.2 Å². The SMILES string of the molecule is CC(=O)c1ccccc1NC(=O)c1cccc(Br)c1. The van der Waals surface area contributed by atoms with Gasteiger partial charge in [-0.2, -0.15) is 0 Å². The molecule has 4 heteroatoms. The summed E-state index contributed by atoms with van der Waals surface area (Å²) in [5, 5.41) is 2.75. The molecule has 0 radical (unpaired) electrons. The van der Waals surface area contributed by atoms with E-state index in [1.807, 2.05) is 6.07 Å². The standard InChI is InChI=1S/C15H12BrNO2/c1-10(18)13-7-2-3-8-14(13)17-15(19)11-5-4-6-12(16)9-11/h2-9H,1H3,(H,17,19). The molecule has 2 aromatic rings. The van der Waals surface area contributed by atoms with Crippen molar-refractivity contribution in [3.05, 3.63) is 64.1 Å². The van der Waals surface area contributed by atoms with Gasteiger partial charge in [-0.1, -0.05) is 34.1 Å². The largest absolute Gasteiger partial charge is 0.321 e. The summed E-state index contributed by atoms with van der Waals surface area (Å²) in [7, 11) is 0. The van der Waals surface area contributed by atoms with Crippen LogP contribution in [0.25, 0.3) is 0 Å². The molecular weight excluding hydrogens is 306 g/mol. The van der Waals surface area contributed by atoms with Crippen molar-refractivity contribution in [2.45, 2.75) is 6.92 Å². The molecule has 0 saturated heterocycles. The average Bonchev–Trinajstić information content (AvgIpc) is 2.39. The Kier molecular flexibility index (Phi) is 4.12. The van der Waals surface area contributed by atoms with Gasteiger partial charge in [0.1, 0.15) is 0 Å². The van der Waals surface area contributed by atoms with Gasteiger partial charge < -0.3 is 5.32 Å². The molecule has 0 aromatic heterocycles. The number of benzene rings is 2. The Balaban J connectivity index is 2.27. The number of nitrogens with one attached hydrogen (secondary N) is 1. The van der Waals surface area contributed by atoms with Gasteiger partial charge in [0.05, 0.1) is 5.69 Å². The number of anilines is 1. The third-order valence-corrected chi connectivity index (χ3v) is 3.13.